The number of esters is 1. The highest BCUT2D eigenvalue weighted by Gasteiger charge is 2.27. The highest BCUT2D eigenvalue weighted by Crippen LogP contribution is 2.34. The van der Waals surface area contributed by atoms with Crippen LogP contribution in [-0.2, 0) is 9.47 Å². The number of carbonyl (C=O) groups is 1. The third kappa shape index (κ3) is 4.94. The third-order valence-electron chi connectivity index (χ3n) is 5.69. The first-order chi connectivity index (χ1) is 17.7. The second kappa shape index (κ2) is 10.6. The lowest BCUT2D eigenvalue weighted by molar-refractivity contribution is 0.0514. The molecule has 0 amide bonds. The number of anilines is 3. The van der Waals surface area contributed by atoms with Crippen molar-refractivity contribution in [2.24, 2.45) is 0 Å². The number of nitrogens with one attached hydrogen (secondary N) is 2. The number of ether oxygens (including phenoxy) is 3. The summed E-state index contributed by atoms with van der Waals surface area (Å²) < 4.78 is 16.7. The van der Waals surface area contributed by atoms with Gasteiger partial charge < -0.3 is 29.4 Å². The number of fused-ring (bicyclic) bond motifs is 1. The Bertz CT molecular complexity index is 1350. The summed E-state index contributed by atoms with van der Waals surface area (Å²) in [5.41, 5.74) is 3.37. The van der Waals surface area contributed by atoms with Crippen molar-refractivity contribution >= 4 is 34.5 Å². The number of H-pyrrole nitrogens is 1. The molecule has 3 heterocycles. The molecule has 0 atom stereocenters. The molecule has 0 bridgehead atoms. The van der Waals surface area contributed by atoms with Gasteiger partial charge in [-0.15, -0.1) is 0 Å². The van der Waals surface area contributed by atoms with E-state index < -0.39 is 5.97 Å². The molecule has 1 fully saturated rings. The van der Waals surface area contributed by atoms with E-state index in [0.29, 0.717) is 56.3 Å². The molecule has 0 saturated carbocycles. The van der Waals surface area contributed by atoms with Crippen molar-refractivity contribution in [2.75, 3.05) is 49.7 Å². The van der Waals surface area contributed by atoms with Crippen LogP contribution in [0.3, 0.4) is 0 Å². The SMILES string of the molecule is CCOC(=O)c1nc(-c2ccc3[nH]c(Nc4ccccc4)nc3c2)nc(N2CCOCC2)c1OCC. The lowest BCUT2D eigenvalue weighted by Gasteiger charge is -2.29. The van der Waals surface area contributed by atoms with Crippen molar-refractivity contribution in [1.82, 2.24) is 19.9 Å². The number of benzene rings is 2. The van der Waals surface area contributed by atoms with Crippen molar-refractivity contribution in [3.8, 4) is 17.1 Å². The first-order valence-electron chi connectivity index (χ1n) is 12.0. The maximum absolute atomic E-state index is 12.9. The number of rotatable bonds is 8. The van der Waals surface area contributed by atoms with Crippen LogP contribution in [0.5, 0.6) is 5.75 Å². The summed E-state index contributed by atoms with van der Waals surface area (Å²) in [4.78, 5) is 32.3. The van der Waals surface area contributed by atoms with E-state index in [2.05, 4.69) is 25.2 Å². The van der Waals surface area contributed by atoms with Gasteiger partial charge >= 0.3 is 5.97 Å². The van der Waals surface area contributed by atoms with Crippen LogP contribution in [0.1, 0.15) is 24.3 Å². The average molecular weight is 489 g/mol. The van der Waals surface area contributed by atoms with E-state index in [1.165, 1.54) is 0 Å². The van der Waals surface area contributed by atoms with Crippen LogP contribution in [0, 0.1) is 0 Å². The molecule has 2 aromatic heterocycles. The Morgan fingerprint density at radius 3 is 2.61 bits per heavy atom. The average Bonchev–Trinajstić information content (AvgIpc) is 3.31. The normalized spacial score (nSPS) is 13.6. The van der Waals surface area contributed by atoms with E-state index in [4.69, 9.17) is 19.2 Å². The molecule has 5 rings (SSSR count). The van der Waals surface area contributed by atoms with E-state index in [1.54, 1.807) is 6.92 Å². The van der Waals surface area contributed by atoms with Gasteiger partial charge in [0.05, 0.1) is 37.5 Å². The second-order valence-electron chi connectivity index (χ2n) is 8.11. The van der Waals surface area contributed by atoms with Crippen molar-refractivity contribution in [3.05, 3.63) is 54.2 Å². The van der Waals surface area contributed by atoms with Crippen LogP contribution < -0.4 is 15.0 Å². The quantitative estimate of drug-likeness (QED) is 0.353. The maximum Gasteiger partial charge on any atom is 0.361 e. The van der Waals surface area contributed by atoms with E-state index in [0.717, 1.165) is 22.3 Å². The Balaban J connectivity index is 1.57. The van der Waals surface area contributed by atoms with Gasteiger partial charge in [-0.3, -0.25) is 0 Å². The maximum atomic E-state index is 12.9. The molecule has 186 valence electrons. The minimum atomic E-state index is -0.547. The number of carbonyl (C=O) groups excluding carboxylic acids is 1. The predicted octanol–water partition coefficient (Wildman–Crippen LogP) is 4.18. The molecule has 1 aliphatic rings. The van der Waals surface area contributed by atoms with Gasteiger partial charge in [0.25, 0.3) is 0 Å². The highest BCUT2D eigenvalue weighted by molar-refractivity contribution is 5.93. The molecule has 0 radical (unpaired) electrons. The van der Waals surface area contributed by atoms with Gasteiger partial charge in [-0.2, -0.15) is 0 Å². The second-order valence-corrected chi connectivity index (χ2v) is 8.11. The van der Waals surface area contributed by atoms with Crippen molar-refractivity contribution < 1.29 is 19.0 Å². The number of aromatic nitrogens is 4. The number of aromatic amines is 1. The number of nitrogens with zero attached hydrogens (tertiary/aromatic N) is 4. The van der Waals surface area contributed by atoms with Crippen molar-refractivity contribution in [1.29, 1.82) is 0 Å². The Labute approximate surface area is 208 Å². The smallest absolute Gasteiger partial charge is 0.361 e. The largest absolute Gasteiger partial charge is 0.488 e. The molecular formula is C26H28N6O4. The van der Waals surface area contributed by atoms with Gasteiger partial charge in [-0.05, 0) is 44.2 Å². The van der Waals surface area contributed by atoms with Crippen LogP contribution >= 0.6 is 0 Å². The third-order valence-corrected chi connectivity index (χ3v) is 5.69. The molecule has 0 aliphatic carbocycles. The topological polar surface area (TPSA) is 114 Å². The summed E-state index contributed by atoms with van der Waals surface area (Å²) >= 11 is 0. The Hall–Kier alpha value is -4.18. The fourth-order valence-electron chi connectivity index (χ4n) is 4.03. The van der Waals surface area contributed by atoms with E-state index >= 15 is 0 Å². The monoisotopic (exact) mass is 488 g/mol. The summed E-state index contributed by atoms with van der Waals surface area (Å²) in [5, 5.41) is 3.27. The summed E-state index contributed by atoms with van der Waals surface area (Å²) in [6.07, 6.45) is 0. The molecule has 2 aromatic carbocycles. The Morgan fingerprint density at radius 1 is 1.06 bits per heavy atom. The molecule has 36 heavy (non-hydrogen) atoms. The van der Waals surface area contributed by atoms with Crippen LogP contribution in [0.15, 0.2) is 48.5 Å². The zero-order chi connectivity index (χ0) is 24.9. The summed E-state index contributed by atoms with van der Waals surface area (Å²) in [6.45, 7) is 6.60. The lowest BCUT2D eigenvalue weighted by atomic mass is 10.1. The minimum Gasteiger partial charge on any atom is -0.488 e. The van der Waals surface area contributed by atoms with Gasteiger partial charge in [0.1, 0.15) is 0 Å². The minimum absolute atomic E-state index is 0.110. The zero-order valence-electron chi connectivity index (χ0n) is 20.3. The van der Waals surface area contributed by atoms with E-state index in [-0.39, 0.29) is 12.3 Å². The molecule has 1 aliphatic heterocycles. The summed E-state index contributed by atoms with van der Waals surface area (Å²) in [7, 11) is 0. The molecule has 2 N–H and O–H groups in total. The highest BCUT2D eigenvalue weighted by atomic mass is 16.5. The Kier molecular flexibility index (Phi) is 6.94. The summed E-state index contributed by atoms with van der Waals surface area (Å²) in [5.74, 6) is 1.36. The number of morpholine rings is 1. The van der Waals surface area contributed by atoms with Gasteiger partial charge in [-0.1, -0.05) is 18.2 Å². The van der Waals surface area contributed by atoms with Crippen molar-refractivity contribution in [3.63, 3.8) is 0 Å². The molecule has 0 unspecified atom stereocenters. The summed E-state index contributed by atoms with van der Waals surface area (Å²) in [6, 6.07) is 15.5. The first-order valence-corrected chi connectivity index (χ1v) is 12.0. The molecule has 0 spiro atoms. The van der Waals surface area contributed by atoms with Gasteiger partial charge in [0.2, 0.25) is 5.95 Å². The predicted molar refractivity (Wildman–Crippen MR) is 137 cm³/mol. The fraction of sp³-hybridized carbons (Fsp3) is 0.308. The van der Waals surface area contributed by atoms with E-state index in [1.807, 2.05) is 55.5 Å². The number of hydrogen-bond acceptors (Lipinski definition) is 9. The molecule has 10 nitrogen and oxygen atoms in total. The number of para-hydroxylation sites is 1. The lowest BCUT2D eigenvalue weighted by Crippen LogP contribution is -2.37. The van der Waals surface area contributed by atoms with Gasteiger partial charge in [0.15, 0.2) is 23.1 Å². The van der Waals surface area contributed by atoms with Gasteiger partial charge in [-0.25, -0.2) is 19.7 Å². The number of hydrogen-bond donors (Lipinski definition) is 2. The Morgan fingerprint density at radius 2 is 1.86 bits per heavy atom. The van der Waals surface area contributed by atoms with Crippen LogP contribution in [0.4, 0.5) is 17.5 Å². The molecular weight excluding hydrogens is 460 g/mol. The molecule has 10 heteroatoms. The van der Waals surface area contributed by atoms with Crippen LogP contribution in [0.2, 0.25) is 0 Å². The van der Waals surface area contributed by atoms with Crippen LogP contribution in [-0.4, -0.2) is 65.4 Å². The van der Waals surface area contributed by atoms with Gasteiger partial charge in [0, 0.05) is 24.3 Å². The standard InChI is InChI=1S/C26H28N6O4/c1-3-35-22-21(25(33)36-4-2)30-23(31-24(22)32-12-14-34-15-13-32)17-10-11-19-20(16-17)29-26(28-19)27-18-8-6-5-7-9-18/h5-11,16H,3-4,12-15H2,1-2H3,(H2,27,28,29). The number of imidazole rings is 1. The zero-order valence-corrected chi connectivity index (χ0v) is 20.3. The van der Waals surface area contributed by atoms with Crippen molar-refractivity contribution in [2.45, 2.75) is 13.8 Å². The fourth-order valence-corrected chi connectivity index (χ4v) is 4.03. The first kappa shape index (κ1) is 23.6. The molecule has 4 aromatic rings. The molecule has 1 saturated heterocycles. The van der Waals surface area contributed by atoms with Crippen LogP contribution in [0.25, 0.3) is 22.4 Å². The van der Waals surface area contributed by atoms with E-state index in [9.17, 15) is 4.79 Å².